The highest BCUT2D eigenvalue weighted by atomic mass is 16.5. The summed E-state index contributed by atoms with van der Waals surface area (Å²) in [6, 6.07) is 12.1. The summed E-state index contributed by atoms with van der Waals surface area (Å²) in [5.74, 6) is 2.36. The Morgan fingerprint density at radius 1 is 1.06 bits per heavy atom. The molecule has 6 heteroatoms. The molecule has 1 saturated heterocycles. The summed E-state index contributed by atoms with van der Waals surface area (Å²) in [5.41, 5.74) is 0.134. The lowest BCUT2D eigenvalue weighted by molar-refractivity contribution is -0.00233. The Bertz CT molecular complexity index is 876. The molecular weight excluding hydrogens is 428 g/mol. The quantitative estimate of drug-likeness (QED) is 0.381. The number of hydrogen-bond donors (Lipinski definition) is 1. The molecule has 34 heavy (non-hydrogen) atoms. The number of nitrogens with zero attached hydrogens (tertiary/aromatic N) is 2. The normalized spacial score (nSPS) is 14.9. The lowest BCUT2D eigenvalue weighted by Gasteiger charge is -2.30. The van der Waals surface area contributed by atoms with E-state index in [1.807, 2.05) is 42.5 Å². The number of benzene rings is 1. The maximum Gasteiger partial charge on any atom is 0.135 e. The first kappa shape index (κ1) is 26.2. The number of aliphatic hydroxyl groups is 1. The van der Waals surface area contributed by atoms with E-state index in [9.17, 15) is 5.11 Å². The topological polar surface area (TPSA) is 58.3 Å². The largest absolute Gasteiger partial charge is 0.496 e. The van der Waals surface area contributed by atoms with Crippen LogP contribution in [0, 0.1) is 0 Å². The van der Waals surface area contributed by atoms with E-state index in [1.54, 1.807) is 7.11 Å². The summed E-state index contributed by atoms with van der Waals surface area (Å²) in [4.78, 5) is 4.82. The molecule has 1 N–H and O–H groups in total. The van der Waals surface area contributed by atoms with Gasteiger partial charge < -0.3 is 19.0 Å². The molecule has 0 unspecified atom stereocenters. The van der Waals surface area contributed by atoms with Crippen LogP contribution in [0.2, 0.25) is 0 Å². The number of rotatable bonds is 15. The Morgan fingerprint density at radius 2 is 1.76 bits per heavy atom. The molecule has 1 aromatic carbocycles. The fourth-order valence-corrected chi connectivity index (χ4v) is 4.38. The van der Waals surface area contributed by atoms with E-state index < -0.39 is 5.60 Å². The maximum atomic E-state index is 11.3. The van der Waals surface area contributed by atoms with Crippen molar-refractivity contribution >= 4 is 0 Å². The molecule has 2 aromatic rings. The van der Waals surface area contributed by atoms with Crippen LogP contribution in [-0.4, -0.2) is 61.4 Å². The number of furan rings is 1. The summed E-state index contributed by atoms with van der Waals surface area (Å²) in [7, 11) is 1.71. The molecule has 3 rings (SSSR count). The standard InChI is InChI=1S/C28H40N2O4/c1-4-6-14-28(31,15-7-5-2)27-13-12-25(34-27)23-30(17-16-29-18-20-33-21-19-29)22-24-10-8-9-11-26(24)32-3/h4-5,8-13,31H,1-2,6-7,14-23H2,3H3. The second-order valence-corrected chi connectivity index (χ2v) is 8.93. The van der Waals surface area contributed by atoms with Gasteiger partial charge in [0.15, 0.2) is 0 Å². The average molecular weight is 469 g/mol. The second kappa shape index (κ2) is 13.5. The Labute approximate surface area is 204 Å². The minimum atomic E-state index is -1.01. The van der Waals surface area contributed by atoms with E-state index in [-0.39, 0.29) is 0 Å². The maximum absolute atomic E-state index is 11.3. The predicted octanol–water partition coefficient (Wildman–Crippen LogP) is 4.74. The second-order valence-electron chi connectivity index (χ2n) is 8.93. The molecule has 0 aliphatic carbocycles. The van der Waals surface area contributed by atoms with Gasteiger partial charge in [-0.15, -0.1) is 13.2 Å². The highest BCUT2D eigenvalue weighted by Gasteiger charge is 2.31. The van der Waals surface area contributed by atoms with Gasteiger partial charge in [-0.1, -0.05) is 30.4 Å². The first-order valence-corrected chi connectivity index (χ1v) is 12.3. The van der Waals surface area contributed by atoms with Gasteiger partial charge in [-0.05, 0) is 43.9 Å². The summed E-state index contributed by atoms with van der Waals surface area (Å²) in [6.45, 7) is 14.4. The molecule has 1 fully saturated rings. The van der Waals surface area contributed by atoms with Crippen molar-refractivity contribution in [3.05, 3.63) is 78.8 Å². The lowest BCUT2D eigenvalue weighted by atomic mass is 9.89. The molecule has 2 heterocycles. The van der Waals surface area contributed by atoms with Gasteiger partial charge in [-0.25, -0.2) is 0 Å². The zero-order valence-electron chi connectivity index (χ0n) is 20.6. The van der Waals surface area contributed by atoms with Crippen molar-refractivity contribution in [2.24, 2.45) is 0 Å². The molecular formula is C28H40N2O4. The van der Waals surface area contributed by atoms with Crippen molar-refractivity contribution in [3.8, 4) is 5.75 Å². The van der Waals surface area contributed by atoms with Crippen molar-refractivity contribution < 1.29 is 19.0 Å². The minimum absolute atomic E-state index is 0.583. The van der Waals surface area contributed by atoms with E-state index in [1.165, 1.54) is 0 Å². The number of allylic oxidation sites excluding steroid dienone is 2. The predicted molar refractivity (Wildman–Crippen MR) is 136 cm³/mol. The molecule has 0 radical (unpaired) electrons. The van der Waals surface area contributed by atoms with Crippen LogP contribution in [0.25, 0.3) is 0 Å². The van der Waals surface area contributed by atoms with Crippen LogP contribution < -0.4 is 4.74 Å². The fraction of sp³-hybridized carbons (Fsp3) is 0.500. The van der Waals surface area contributed by atoms with Crippen molar-refractivity contribution in [2.75, 3.05) is 46.5 Å². The van der Waals surface area contributed by atoms with Crippen LogP contribution in [-0.2, 0) is 23.4 Å². The Balaban J connectivity index is 1.74. The van der Waals surface area contributed by atoms with E-state index in [0.29, 0.717) is 25.1 Å². The van der Waals surface area contributed by atoms with Crippen LogP contribution in [0.1, 0.15) is 42.8 Å². The third-order valence-corrected chi connectivity index (χ3v) is 6.45. The summed E-state index contributed by atoms with van der Waals surface area (Å²) in [5, 5.41) is 11.3. The number of morpholine rings is 1. The number of hydrogen-bond acceptors (Lipinski definition) is 6. The van der Waals surface area contributed by atoms with Gasteiger partial charge in [0.2, 0.25) is 0 Å². The van der Waals surface area contributed by atoms with Crippen LogP contribution >= 0.6 is 0 Å². The molecule has 0 spiro atoms. The summed E-state index contributed by atoms with van der Waals surface area (Å²) >= 11 is 0. The molecule has 1 aliphatic rings. The van der Waals surface area contributed by atoms with Gasteiger partial charge in [0.25, 0.3) is 0 Å². The van der Waals surface area contributed by atoms with Crippen molar-refractivity contribution in [2.45, 2.75) is 44.4 Å². The summed E-state index contributed by atoms with van der Waals surface area (Å²) < 4.78 is 17.3. The SMILES string of the molecule is C=CCCC(O)(CCC=C)c1ccc(CN(CCN2CCOCC2)Cc2ccccc2OC)o1. The van der Waals surface area contributed by atoms with E-state index >= 15 is 0 Å². The zero-order valence-corrected chi connectivity index (χ0v) is 20.6. The first-order chi connectivity index (χ1) is 16.6. The summed E-state index contributed by atoms with van der Waals surface area (Å²) in [6.07, 6.45) is 6.29. The number of ether oxygens (including phenoxy) is 2. The molecule has 1 aliphatic heterocycles. The Kier molecular flexibility index (Phi) is 10.4. The minimum Gasteiger partial charge on any atom is -0.496 e. The third kappa shape index (κ3) is 7.57. The van der Waals surface area contributed by atoms with E-state index in [2.05, 4.69) is 29.0 Å². The highest BCUT2D eigenvalue weighted by Crippen LogP contribution is 2.33. The average Bonchev–Trinajstić information content (AvgIpc) is 3.35. The van der Waals surface area contributed by atoms with Crippen LogP contribution in [0.4, 0.5) is 0 Å². The third-order valence-electron chi connectivity index (χ3n) is 6.45. The van der Waals surface area contributed by atoms with Crippen molar-refractivity contribution in [1.82, 2.24) is 9.80 Å². The van der Waals surface area contributed by atoms with Gasteiger partial charge in [-0.3, -0.25) is 9.80 Å². The number of methoxy groups -OCH3 is 1. The van der Waals surface area contributed by atoms with E-state index in [0.717, 1.165) is 75.9 Å². The smallest absolute Gasteiger partial charge is 0.135 e. The molecule has 6 nitrogen and oxygen atoms in total. The van der Waals surface area contributed by atoms with Gasteiger partial charge in [0, 0.05) is 38.3 Å². The fourth-order valence-electron chi connectivity index (χ4n) is 4.38. The first-order valence-electron chi connectivity index (χ1n) is 12.3. The lowest BCUT2D eigenvalue weighted by Crippen LogP contribution is -2.41. The van der Waals surface area contributed by atoms with Crippen molar-refractivity contribution in [3.63, 3.8) is 0 Å². The van der Waals surface area contributed by atoms with Crippen LogP contribution in [0.15, 0.2) is 66.1 Å². The Morgan fingerprint density at radius 3 is 2.44 bits per heavy atom. The van der Waals surface area contributed by atoms with Crippen LogP contribution in [0.5, 0.6) is 5.75 Å². The molecule has 1 aromatic heterocycles. The van der Waals surface area contributed by atoms with E-state index in [4.69, 9.17) is 13.9 Å². The van der Waals surface area contributed by atoms with Gasteiger partial charge in [0.1, 0.15) is 22.9 Å². The molecule has 186 valence electrons. The highest BCUT2D eigenvalue weighted by molar-refractivity contribution is 5.33. The molecule has 0 amide bonds. The van der Waals surface area contributed by atoms with Gasteiger partial charge >= 0.3 is 0 Å². The molecule has 0 bridgehead atoms. The Hall–Kier alpha value is -2.38. The zero-order chi connectivity index (χ0) is 24.2. The van der Waals surface area contributed by atoms with Gasteiger partial charge in [-0.2, -0.15) is 0 Å². The number of para-hydroxylation sites is 1. The molecule has 0 atom stereocenters. The molecule has 0 saturated carbocycles. The van der Waals surface area contributed by atoms with Crippen molar-refractivity contribution in [1.29, 1.82) is 0 Å². The van der Waals surface area contributed by atoms with Gasteiger partial charge in [0.05, 0.1) is 26.9 Å². The monoisotopic (exact) mass is 468 g/mol. The van der Waals surface area contributed by atoms with Crippen LogP contribution in [0.3, 0.4) is 0 Å².